The number of amides is 1. The summed E-state index contributed by atoms with van der Waals surface area (Å²) < 4.78 is 27.6. The maximum Gasteiger partial charge on any atom is 0.255 e. The first kappa shape index (κ1) is 24.1. The number of hydrogen-bond acceptors (Lipinski definition) is 6. The smallest absolute Gasteiger partial charge is 0.255 e. The lowest BCUT2D eigenvalue weighted by atomic mass is 9.94. The molecule has 8 nitrogen and oxygen atoms in total. The summed E-state index contributed by atoms with van der Waals surface area (Å²) in [6.45, 7) is 4.16. The number of anilines is 2. The molecule has 0 saturated carbocycles. The van der Waals surface area contributed by atoms with Crippen molar-refractivity contribution in [3.05, 3.63) is 107 Å². The number of ether oxygens (including phenoxy) is 2. The molecule has 0 bridgehead atoms. The van der Waals surface area contributed by atoms with Gasteiger partial charge in [-0.1, -0.05) is 42.5 Å². The van der Waals surface area contributed by atoms with Gasteiger partial charge >= 0.3 is 0 Å². The number of fused-ring (bicyclic) bond motifs is 1. The van der Waals surface area contributed by atoms with Crippen LogP contribution in [0.1, 0.15) is 31.0 Å². The molecule has 0 radical (unpaired) electrons. The average molecular weight is 500 g/mol. The Hall–Kier alpha value is -4.66. The summed E-state index contributed by atoms with van der Waals surface area (Å²) in [5.74, 6) is 0.881. The van der Waals surface area contributed by atoms with Crippen molar-refractivity contribution < 1.29 is 18.7 Å². The standard InChI is InChI=1S/C28H26FN5O3/c1-3-36-24-15-19(13-14-23(24)37-16-20-9-7-8-12-22(20)29)26-25(18(2)32-28-30-17-31-34(26)28)27(35)33-21-10-5-4-6-11-21/h4-15,17,26H,3,16H2,1-2H3,(H,33,35)(H,30,31,32)/t26-/m1/s1. The van der Waals surface area contributed by atoms with Gasteiger partial charge in [0.1, 0.15) is 24.8 Å². The van der Waals surface area contributed by atoms with Crippen molar-refractivity contribution in [2.24, 2.45) is 0 Å². The summed E-state index contributed by atoms with van der Waals surface area (Å²) in [5, 5.41) is 10.5. The molecule has 3 aromatic carbocycles. The van der Waals surface area contributed by atoms with E-state index in [1.165, 1.54) is 12.4 Å². The zero-order valence-corrected chi connectivity index (χ0v) is 20.4. The van der Waals surface area contributed by atoms with Crippen LogP contribution >= 0.6 is 0 Å². The number of nitrogens with zero attached hydrogens (tertiary/aromatic N) is 3. The fraction of sp³-hybridized carbons (Fsp3) is 0.179. The second-order valence-electron chi connectivity index (χ2n) is 8.43. The molecular weight excluding hydrogens is 473 g/mol. The Morgan fingerprint density at radius 1 is 1.05 bits per heavy atom. The fourth-order valence-corrected chi connectivity index (χ4v) is 4.27. The second kappa shape index (κ2) is 10.5. The van der Waals surface area contributed by atoms with Crippen LogP contribution < -0.4 is 20.1 Å². The molecule has 0 unspecified atom stereocenters. The van der Waals surface area contributed by atoms with Crippen LogP contribution in [0.4, 0.5) is 16.0 Å². The van der Waals surface area contributed by atoms with Gasteiger partial charge in [0.15, 0.2) is 11.5 Å². The highest BCUT2D eigenvalue weighted by molar-refractivity contribution is 6.06. The highest BCUT2D eigenvalue weighted by atomic mass is 19.1. The van der Waals surface area contributed by atoms with Crippen LogP contribution in [0.15, 0.2) is 90.4 Å². The summed E-state index contributed by atoms with van der Waals surface area (Å²) in [4.78, 5) is 17.8. The van der Waals surface area contributed by atoms with E-state index >= 15 is 0 Å². The van der Waals surface area contributed by atoms with Crippen molar-refractivity contribution in [3.63, 3.8) is 0 Å². The Labute approximate surface area is 213 Å². The SMILES string of the molecule is CCOc1cc([C@@H]2C(C(=O)Nc3ccccc3)=C(C)Nc3ncnn32)ccc1OCc1ccccc1F. The molecule has 188 valence electrons. The Morgan fingerprint density at radius 3 is 2.62 bits per heavy atom. The number of aromatic nitrogens is 3. The van der Waals surface area contributed by atoms with Gasteiger partial charge in [0.25, 0.3) is 5.91 Å². The number of allylic oxidation sites excluding steroid dienone is 1. The number of carbonyl (C=O) groups is 1. The van der Waals surface area contributed by atoms with Gasteiger partial charge in [-0.05, 0) is 49.7 Å². The zero-order chi connectivity index (χ0) is 25.8. The van der Waals surface area contributed by atoms with E-state index in [2.05, 4.69) is 20.7 Å². The van der Waals surface area contributed by atoms with E-state index in [-0.39, 0.29) is 18.3 Å². The molecule has 9 heteroatoms. The highest BCUT2D eigenvalue weighted by Crippen LogP contribution is 2.39. The lowest BCUT2D eigenvalue weighted by Crippen LogP contribution is -2.31. The van der Waals surface area contributed by atoms with E-state index in [9.17, 15) is 9.18 Å². The largest absolute Gasteiger partial charge is 0.490 e. The molecule has 0 saturated heterocycles. The molecule has 2 N–H and O–H groups in total. The lowest BCUT2D eigenvalue weighted by molar-refractivity contribution is -0.113. The van der Waals surface area contributed by atoms with E-state index < -0.39 is 6.04 Å². The second-order valence-corrected chi connectivity index (χ2v) is 8.43. The molecule has 2 heterocycles. The molecule has 0 spiro atoms. The van der Waals surface area contributed by atoms with Crippen LogP contribution in [0.3, 0.4) is 0 Å². The van der Waals surface area contributed by atoms with Crippen molar-refractivity contribution >= 4 is 17.5 Å². The van der Waals surface area contributed by atoms with Crippen molar-refractivity contribution in [2.45, 2.75) is 26.5 Å². The monoisotopic (exact) mass is 499 g/mol. The number of rotatable bonds is 8. The van der Waals surface area contributed by atoms with Crippen LogP contribution in [0, 0.1) is 5.82 Å². The minimum atomic E-state index is -0.567. The molecule has 0 aliphatic carbocycles. The van der Waals surface area contributed by atoms with Crippen LogP contribution in [0.2, 0.25) is 0 Å². The van der Waals surface area contributed by atoms with Gasteiger partial charge in [-0.15, -0.1) is 0 Å². The third kappa shape index (κ3) is 5.02. The van der Waals surface area contributed by atoms with Crippen LogP contribution in [0.25, 0.3) is 0 Å². The summed E-state index contributed by atoms with van der Waals surface area (Å²) in [5.41, 5.74) is 3.04. The normalized spacial score (nSPS) is 14.5. The van der Waals surface area contributed by atoms with Crippen LogP contribution in [-0.4, -0.2) is 27.3 Å². The number of nitrogens with one attached hydrogen (secondary N) is 2. The Kier molecular flexibility index (Phi) is 6.85. The van der Waals surface area contributed by atoms with Gasteiger partial charge in [-0.2, -0.15) is 10.1 Å². The summed E-state index contributed by atoms with van der Waals surface area (Å²) in [7, 11) is 0. The molecule has 5 rings (SSSR count). The molecule has 1 aliphatic heterocycles. The molecule has 1 amide bonds. The predicted molar refractivity (Wildman–Crippen MR) is 138 cm³/mol. The summed E-state index contributed by atoms with van der Waals surface area (Å²) >= 11 is 0. The first-order valence-corrected chi connectivity index (χ1v) is 11.9. The molecular formula is C28H26FN5O3. The first-order chi connectivity index (χ1) is 18.0. The molecule has 1 atom stereocenters. The van der Waals surface area contributed by atoms with E-state index in [4.69, 9.17) is 9.47 Å². The minimum Gasteiger partial charge on any atom is -0.490 e. The van der Waals surface area contributed by atoms with E-state index in [1.807, 2.05) is 56.3 Å². The van der Waals surface area contributed by atoms with Crippen molar-refractivity contribution in [2.75, 3.05) is 17.2 Å². The number of halogens is 1. The van der Waals surface area contributed by atoms with E-state index in [0.29, 0.717) is 46.6 Å². The molecule has 0 fully saturated rings. The van der Waals surface area contributed by atoms with Crippen molar-refractivity contribution in [3.8, 4) is 11.5 Å². The van der Waals surface area contributed by atoms with Crippen molar-refractivity contribution in [1.29, 1.82) is 0 Å². The summed E-state index contributed by atoms with van der Waals surface area (Å²) in [6, 6.07) is 20.6. The van der Waals surface area contributed by atoms with Gasteiger partial charge in [-0.25, -0.2) is 9.07 Å². The van der Waals surface area contributed by atoms with Gasteiger partial charge in [0.2, 0.25) is 5.95 Å². The quantitative estimate of drug-likeness (QED) is 0.341. The van der Waals surface area contributed by atoms with Gasteiger partial charge in [0, 0.05) is 16.9 Å². The molecule has 1 aliphatic rings. The third-order valence-electron chi connectivity index (χ3n) is 6.00. The van der Waals surface area contributed by atoms with Crippen LogP contribution in [-0.2, 0) is 11.4 Å². The van der Waals surface area contributed by atoms with Gasteiger partial charge < -0.3 is 20.1 Å². The maximum absolute atomic E-state index is 14.1. The number of para-hydroxylation sites is 1. The Bertz CT molecular complexity index is 1450. The third-order valence-corrected chi connectivity index (χ3v) is 6.00. The minimum absolute atomic E-state index is 0.0520. The zero-order valence-electron chi connectivity index (χ0n) is 20.4. The molecule has 37 heavy (non-hydrogen) atoms. The van der Waals surface area contributed by atoms with Gasteiger partial charge in [-0.3, -0.25) is 4.79 Å². The van der Waals surface area contributed by atoms with E-state index in [0.717, 1.165) is 5.56 Å². The van der Waals surface area contributed by atoms with Crippen LogP contribution in [0.5, 0.6) is 11.5 Å². The number of carbonyl (C=O) groups excluding carboxylic acids is 1. The Balaban J connectivity index is 1.50. The first-order valence-electron chi connectivity index (χ1n) is 11.9. The van der Waals surface area contributed by atoms with Crippen molar-refractivity contribution in [1.82, 2.24) is 14.8 Å². The molecule has 4 aromatic rings. The highest BCUT2D eigenvalue weighted by Gasteiger charge is 2.34. The van der Waals surface area contributed by atoms with Gasteiger partial charge in [0.05, 0.1) is 12.2 Å². The predicted octanol–water partition coefficient (Wildman–Crippen LogP) is 5.32. The fourth-order valence-electron chi connectivity index (χ4n) is 4.27. The Morgan fingerprint density at radius 2 is 1.84 bits per heavy atom. The topological polar surface area (TPSA) is 90.3 Å². The maximum atomic E-state index is 14.1. The number of benzene rings is 3. The number of hydrogen-bond donors (Lipinski definition) is 2. The summed E-state index contributed by atoms with van der Waals surface area (Å²) in [6.07, 6.45) is 1.44. The molecule has 1 aromatic heterocycles. The average Bonchev–Trinajstić information content (AvgIpc) is 3.36. The lowest BCUT2D eigenvalue weighted by Gasteiger charge is -2.29. The van der Waals surface area contributed by atoms with E-state index in [1.54, 1.807) is 28.9 Å².